The summed E-state index contributed by atoms with van der Waals surface area (Å²) in [5.74, 6) is 0.487. The Morgan fingerprint density at radius 1 is 1.38 bits per heavy atom. The lowest BCUT2D eigenvalue weighted by atomic mass is 10.5. The number of hydrogen-bond acceptors (Lipinski definition) is 1. The Labute approximate surface area is 52.7 Å². The van der Waals surface area contributed by atoms with Crippen molar-refractivity contribution in [2.45, 2.75) is 25.5 Å². The minimum atomic E-state index is -2.49. The summed E-state index contributed by atoms with van der Waals surface area (Å²) < 4.78 is 24.2. The number of rotatable bonds is 3. The molecular weight excluding hydrogens is 130 g/mol. The molecule has 0 N–H and O–H groups in total. The van der Waals surface area contributed by atoms with E-state index in [0.717, 1.165) is 0 Å². The van der Waals surface area contributed by atoms with Crippen LogP contribution in [0.25, 0.3) is 0 Å². The second kappa shape index (κ2) is 3.28. The fourth-order valence-electron chi connectivity index (χ4n) is 0.313. The van der Waals surface area contributed by atoms with Gasteiger partial charge in [0, 0.05) is 6.42 Å². The van der Waals surface area contributed by atoms with Gasteiger partial charge >= 0.3 is 0 Å². The van der Waals surface area contributed by atoms with Gasteiger partial charge in [-0.25, -0.2) is 0 Å². The van der Waals surface area contributed by atoms with Crippen LogP contribution in [-0.2, 0) is 0 Å². The third-order valence-electron chi connectivity index (χ3n) is 0.767. The van der Waals surface area contributed by atoms with E-state index < -0.39 is 5.25 Å². The van der Waals surface area contributed by atoms with Crippen LogP contribution in [-0.4, -0.2) is 11.0 Å². The van der Waals surface area contributed by atoms with Crippen LogP contribution in [0, 0.1) is 0 Å². The molecule has 50 valence electrons. The van der Waals surface area contributed by atoms with E-state index in [1.54, 1.807) is 6.92 Å². The quantitative estimate of drug-likeness (QED) is 0.580. The van der Waals surface area contributed by atoms with Crippen LogP contribution < -0.4 is 0 Å². The molecule has 0 fully saturated rings. The maximum atomic E-state index is 12.1. The standard InChI is InChI=1S/C5H10F2S/c1-3-5(6,7)8-4-2/h3-4H2,1-2H3. The molecule has 0 bridgehead atoms. The molecular formula is C5H10F2S. The van der Waals surface area contributed by atoms with Gasteiger partial charge in [0.2, 0.25) is 0 Å². The number of halogens is 2. The van der Waals surface area contributed by atoms with E-state index in [0.29, 0.717) is 17.5 Å². The van der Waals surface area contributed by atoms with Gasteiger partial charge in [-0.2, -0.15) is 8.78 Å². The van der Waals surface area contributed by atoms with Crippen molar-refractivity contribution in [3.8, 4) is 0 Å². The maximum Gasteiger partial charge on any atom is 0.293 e. The van der Waals surface area contributed by atoms with E-state index in [1.165, 1.54) is 6.92 Å². The molecule has 0 aliphatic carbocycles. The molecule has 0 aromatic carbocycles. The number of alkyl halides is 2. The molecule has 0 heterocycles. The van der Waals surface area contributed by atoms with Crippen molar-refractivity contribution in [1.82, 2.24) is 0 Å². The molecule has 0 saturated heterocycles. The molecule has 0 amide bonds. The highest BCUT2D eigenvalue weighted by Crippen LogP contribution is 2.31. The van der Waals surface area contributed by atoms with Crippen LogP contribution in [0.1, 0.15) is 20.3 Å². The van der Waals surface area contributed by atoms with E-state index in [4.69, 9.17) is 0 Å². The highest BCUT2D eigenvalue weighted by Gasteiger charge is 2.24. The predicted octanol–water partition coefficient (Wildman–Crippen LogP) is 2.74. The molecule has 0 aliphatic heterocycles. The Hall–Kier alpha value is 0.210. The molecule has 3 heteroatoms. The van der Waals surface area contributed by atoms with Crippen LogP contribution in [0.3, 0.4) is 0 Å². The average molecular weight is 140 g/mol. The zero-order valence-electron chi connectivity index (χ0n) is 5.08. The summed E-state index contributed by atoms with van der Waals surface area (Å²) in [6.45, 7) is 3.22. The van der Waals surface area contributed by atoms with Crippen LogP contribution in [0.2, 0.25) is 0 Å². The Balaban J connectivity index is 3.37. The minimum absolute atomic E-state index is 0.0640. The van der Waals surface area contributed by atoms with Crippen LogP contribution in [0.4, 0.5) is 8.78 Å². The first kappa shape index (κ1) is 8.21. The molecule has 0 atom stereocenters. The molecule has 0 spiro atoms. The predicted molar refractivity (Wildman–Crippen MR) is 33.4 cm³/mol. The summed E-state index contributed by atoms with van der Waals surface area (Å²) in [7, 11) is 0. The van der Waals surface area contributed by atoms with Crippen LogP contribution in [0.5, 0.6) is 0 Å². The fourth-order valence-corrected chi connectivity index (χ4v) is 0.940. The lowest BCUT2D eigenvalue weighted by Gasteiger charge is -2.10. The molecule has 0 aromatic rings. The van der Waals surface area contributed by atoms with Crippen LogP contribution in [0.15, 0.2) is 0 Å². The highest BCUT2D eigenvalue weighted by atomic mass is 32.2. The molecule has 0 unspecified atom stereocenters. The second-order valence-electron chi connectivity index (χ2n) is 1.42. The summed E-state index contributed by atoms with van der Waals surface area (Å²) in [5, 5.41) is -2.49. The molecule has 0 aromatic heterocycles. The first-order chi connectivity index (χ1) is 3.62. The monoisotopic (exact) mass is 140 g/mol. The summed E-state index contributed by atoms with van der Waals surface area (Å²) in [6, 6.07) is 0. The molecule has 0 radical (unpaired) electrons. The largest absolute Gasteiger partial charge is 0.293 e. The molecule has 8 heavy (non-hydrogen) atoms. The SMILES string of the molecule is CCSC(F)(F)CC. The number of hydrogen-bond donors (Lipinski definition) is 0. The first-order valence-corrected chi connectivity index (χ1v) is 3.62. The van der Waals surface area contributed by atoms with E-state index in [-0.39, 0.29) is 6.42 Å². The van der Waals surface area contributed by atoms with Crippen molar-refractivity contribution < 1.29 is 8.78 Å². The van der Waals surface area contributed by atoms with Gasteiger partial charge in [0.15, 0.2) is 0 Å². The molecule has 0 saturated carbocycles. The Bertz CT molecular complexity index is 63.4. The summed E-state index contributed by atoms with van der Waals surface area (Å²) >= 11 is 0.700. The van der Waals surface area contributed by atoms with Crippen molar-refractivity contribution in [2.75, 3.05) is 5.75 Å². The van der Waals surface area contributed by atoms with Crippen molar-refractivity contribution in [2.24, 2.45) is 0 Å². The van der Waals surface area contributed by atoms with E-state index >= 15 is 0 Å². The van der Waals surface area contributed by atoms with Crippen molar-refractivity contribution in [1.29, 1.82) is 0 Å². The van der Waals surface area contributed by atoms with Crippen molar-refractivity contribution >= 4 is 11.8 Å². The van der Waals surface area contributed by atoms with Gasteiger partial charge in [-0.3, -0.25) is 0 Å². The Kier molecular flexibility index (Phi) is 3.36. The van der Waals surface area contributed by atoms with E-state index in [1.807, 2.05) is 0 Å². The van der Waals surface area contributed by atoms with Crippen LogP contribution >= 0.6 is 11.8 Å². The van der Waals surface area contributed by atoms with Gasteiger partial charge in [-0.1, -0.05) is 25.6 Å². The van der Waals surface area contributed by atoms with Gasteiger partial charge in [0.1, 0.15) is 0 Å². The van der Waals surface area contributed by atoms with Gasteiger partial charge in [0.05, 0.1) is 0 Å². The summed E-state index contributed by atoms with van der Waals surface area (Å²) in [5.41, 5.74) is 0. The van der Waals surface area contributed by atoms with Crippen molar-refractivity contribution in [3.05, 3.63) is 0 Å². The normalized spacial score (nSPS) is 12.0. The highest BCUT2D eigenvalue weighted by molar-refractivity contribution is 8.00. The first-order valence-electron chi connectivity index (χ1n) is 2.64. The second-order valence-corrected chi connectivity index (χ2v) is 2.89. The molecule has 0 aliphatic rings. The third kappa shape index (κ3) is 3.24. The smallest absolute Gasteiger partial charge is 0.194 e. The Morgan fingerprint density at radius 3 is 2.00 bits per heavy atom. The average Bonchev–Trinajstić information content (AvgIpc) is 1.67. The van der Waals surface area contributed by atoms with Gasteiger partial charge in [-0.15, -0.1) is 0 Å². The van der Waals surface area contributed by atoms with Gasteiger partial charge < -0.3 is 0 Å². The maximum absolute atomic E-state index is 12.1. The lowest BCUT2D eigenvalue weighted by molar-refractivity contribution is 0.102. The van der Waals surface area contributed by atoms with Gasteiger partial charge in [-0.05, 0) is 5.75 Å². The number of thioether (sulfide) groups is 1. The third-order valence-corrected chi connectivity index (χ3v) is 1.77. The fraction of sp³-hybridized carbons (Fsp3) is 1.00. The Morgan fingerprint density at radius 2 is 1.88 bits per heavy atom. The van der Waals surface area contributed by atoms with Crippen molar-refractivity contribution in [3.63, 3.8) is 0 Å². The molecule has 0 nitrogen and oxygen atoms in total. The molecule has 0 rings (SSSR count). The van der Waals surface area contributed by atoms with E-state index in [2.05, 4.69) is 0 Å². The zero-order chi connectivity index (χ0) is 6.62. The minimum Gasteiger partial charge on any atom is -0.194 e. The summed E-state index contributed by atoms with van der Waals surface area (Å²) in [6.07, 6.45) is -0.0640. The topological polar surface area (TPSA) is 0 Å². The van der Waals surface area contributed by atoms with Gasteiger partial charge in [0.25, 0.3) is 5.25 Å². The van der Waals surface area contributed by atoms with E-state index in [9.17, 15) is 8.78 Å². The summed E-state index contributed by atoms with van der Waals surface area (Å²) in [4.78, 5) is 0. The lowest BCUT2D eigenvalue weighted by Crippen LogP contribution is -2.07. The zero-order valence-corrected chi connectivity index (χ0v) is 5.89.